The summed E-state index contributed by atoms with van der Waals surface area (Å²) in [7, 11) is -2.96. The lowest BCUT2D eigenvalue weighted by atomic mass is 9.80. The summed E-state index contributed by atoms with van der Waals surface area (Å²) in [5.74, 6) is 1.00. The Hall–Kier alpha value is -2.30. The topological polar surface area (TPSA) is 98.8 Å². The van der Waals surface area contributed by atoms with Gasteiger partial charge >= 0.3 is 7.12 Å². The van der Waals surface area contributed by atoms with Crippen LogP contribution in [-0.2, 0) is 19.3 Å². The predicted molar refractivity (Wildman–Crippen MR) is 118 cm³/mol. The van der Waals surface area contributed by atoms with E-state index in [4.69, 9.17) is 14.0 Å². The highest BCUT2D eigenvalue weighted by Crippen LogP contribution is 2.36. The molecule has 2 N–H and O–H groups in total. The third-order valence-corrected chi connectivity index (χ3v) is 6.77. The Labute approximate surface area is 178 Å². The van der Waals surface area contributed by atoms with Gasteiger partial charge in [-0.1, -0.05) is 0 Å². The first-order chi connectivity index (χ1) is 14.0. The summed E-state index contributed by atoms with van der Waals surface area (Å²) in [5, 5.41) is 3.08. The molecule has 1 aromatic carbocycles. The molecule has 0 aliphatic carbocycles. The molecule has 1 saturated heterocycles. The zero-order chi connectivity index (χ0) is 22.2. The highest BCUT2D eigenvalue weighted by molar-refractivity contribution is 7.92. The second kappa shape index (κ2) is 8.09. The maximum absolute atomic E-state index is 12.9. The number of rotatable bonds is 7. The van der Waals surface area contributed by atoms with Gasteiger partial charge in [-0.3, -0.25) is 4.72 Å². The Morgan fingerprint density at radius 3 is 2.23 bits per heavy atom. The molecule has 1 aliphatic rings. The van der Waals surface area contributed by atoms with Crippen molar-refractivity contribution in [3.63, 3.8) is 0 Å². The molecular formula is C20H28BN3O5S. The lowest BCUT2D eigenvalue weighted by Gasteiger charge is -2.32. The maximum Gasteiger partial charge on any atom is 0.496 e. The molecule has 8 nitrogen and oxygen atoms in total. The number of sulfonamides is 1. The van der Waals surface area contributed by atoms with Gasteiger partial charge in [0.2, 0.25) is 0 Å². The second-order valence-corrected chi connectivity index (χ2v) is 9.75. The Balaban J connectivity index is 1.93. The minimum Gasteiger partial charge on any atom is -0.497 e. The molecule has 0 unspecified atom stereocenters. The Morgan fingerprint density at radius 1 is 1.10 bits per heavy atom. The van der Waals surface area contributed by atoms with Crippen molar-refractivity contribution in [2.24, 2.45) is 0 Å². The van der Waals surface area contributed by atoms with Crippen LogP contribution >= 0.6 is 0 Å². The average molecular weight is 433 g/mol. The number of hydrogen-bond acceptors (Lipinski definition) is 7. The van der Waals surface area contributed by atoms with Crippen molar-refractivity contribution < 1.29 is 22.5 Å². The van der Waals surface area contributed by atoms with Crippen LogP contribution < -0.4 is 20.2 Å². The summed E-state index contributed by atoms with van der Waals surface area (Å²) >= 11 is 0. The number of pyridine rings is 1. The largest absolute Gasteiger partial charge is 0.497 e. The molecule has 0 spiro atoms. The molecule has 1 aromatic heterocycles. The van der Waals surface area contributed by atoms with E-state index in [1.165, 1.54) is 19.2 Å². The SMILES string of the molecule is CCNc1ncc(B2OC(C)(C)C(C)(C)O2)cc1NS(=O)(=O)c1ccc(OC)cc1. The first-order valence-electron chi connectivity index (χ1n) is 9.75. The summed E-state index contributed by atoms with van der Waals surface area (Å²) in [5.41, 5.74) is -0.0794. The minimum atomic E-state index is -3.83. The molecule has 2 heterocycles. The number of aromatic nitrogens is 1. The highest BCUT2D eigenvalue weighted by atomic mass is 32.2. The van der Waals surface area contributed by atoms with Gasteiger partial charge < -0.3 is 19.4 Å². The average Bonchev–Trinajstić information content (AvgIpc) is 2.90. The van der Waals surface area contributed by atoms with Crippen LogP contribution in [0.4, 0.5) is 11.5 Å². The molecule has 10 heteroatoms. The van der Waals surface area contributed by atoms with Crippen molar-refractivity contribution in [2.45, 2.75) is 50.7 Å². The number of ether oxygens (including phenoxy) is 1. The Kier molecular flexibility index (Phi) is 6.04. The van der Waals surface area contributed by atoms with E-state index in [2.05, 4.69) is 15.0 Å². The molecule has 1 fully saturated rings. The van der Waals surface area contributed by atoms with Crippen LogP contribution in [0.3, 0.4) is 0 Å². The van der Waals surface area contributed by atoms with Gasteiger partial charge in [-0.25, -0.2) is 13.4 Å². The first kappa shape index (κ1) is 22.4. The van der Waals surface area contributed by atoms with Crippen LogP contribution in [0.15, 0.2) is 41.4 Å². The second-order valence-electron chi connectivity index (χ2n) is 8.06. The summed E-state index contributed by atoms with van der Waals surface area (Å²) < 4.78 is 45.7. The highest BCUT2D eigenvalue weighted by Gasteiger charge is 2.52. The zero-order valence-electron chi connectivity index (χ0n) is 18.1. The van der Waals surface area contributed by atoms with E-state index >= 15 is 0 Å². The summed E-state index contributed by atoms with van der Waals surface area (Å²) in [6.45, 7) is 10.3. The van der Waals surface area contributed by atoms with Crippen LogP contribution in [-0.4, -0.2) is 45.4 Å². The van der Waals surface area contributed by atoms with Gasteiger partial charge in [0.25, 0.3) is 10.0 Å². The summed E-state index contributed by atoms with van der Waals surface area (Å²) in [4.78, 5) is 4.51. The fraction of sp³-hybridized carbons (Fsp3) is 0.450. The number of methoxy groups -OCH3 is 1. The van der Waals surface area contributed by atoms with Gasteiger partial charge in [-0.15, -0.1) is 0 Å². The van der Waals surface area contributed by atoms with E-state index in [1.807, 2.05) is 34.6 Å². The number of hydrogen-bond donors (Lipinski definition) is 2. The van der Waals surface area contributed by atoms with Crippen molar-refractivity contribution in [3.05, 3.63) is 36.5 Å². The van der Waals surface area contributed by atoms with Crippen LogP contribution in [0.25, 0.3) is 0 Å². The van der Waals surface area contributed by atoms with Crippen molar-refractivity contribution in [3.8, 4) is 5.75 Å². The number of benzene rings is 1. The van der Waals surface area contributed by atoms with Crippen molar-refractivity contribution in [2.75, 3.05) is 23.7 Å². The van der Waals surface area contributed by atoms with Crippen molar-refractivity contribution in [1.82, 2.24) is 4.98 Å². The lowest BCUT2D eigenvalue weighted by Crippen LogP contribution is -2.41. The van der Waals surface area contributed by atoms with Crippen LogP contribution in [0.1, 0.15) is 34.6 Å². The van der Waals surface area contributed by atoms with E-state index in [1.54, 1.807) is 24.4 Å². The smallest absolute Gasteiger partial charge is 0.496 e. The molecule has 162 valence electrons. The zero-order valence-corrected chi connectivity index (χ0v) is 19.0. The quantitative estimate of drug-likeness (QED) is 0.648. The van der Waals surface area contributed by atoms with Crippen molar-refractivity contribution >= 4 is 34.1 Å². The lowest BCUT2D eigenvalue weighted by molar-refractivity contribution is 0.00578. The van der Waals surface area contributed by atoms with Gasteiger partial charge in [0.05, 0.1) is 28.9 Å². The standard InChI is InChI=1S/C20H28BN3O5S/c1-7-22-18-17(24-30(25,26)16-10-8-15(27-6)9-11-16)12-14(13-23-18)21-28-19(2,3)20(4,5)29-21/h8-13,24H,7H2,1-6H3,(H,22,23). The first-order valence-corrected chi connectivity index (χ1v) is 11.2. The van der Waals surface area contributed by atoms with Gasteiger partial charge in [-0.2, -0.15) is 0 Å². The van der Waals surface area contributed by atoms with Crippen LogP contribution in [0, 0.1) is 0 Å². The van der Waals surface area contributed by atoms with Crippen LogP contribution in [0.2, 0.25) is 0 Å². The molecule has 0 atom stereocenters. The molecule has 3 rings (SSSR count). The molecule has 0 amide bonds. The fourth-order valence-corrected chi connectivity index (χ4v) is 3.99. The van der Waals surface area contributed by atoms with Crippen molar-refractivity contribution in [1.29, 1.82) is 0 Å². The Bertz CT molecular complexity index is 994. The predicted octanol–water partition coefficient (Wildman–Crippen LogP) is 2.62. The van der Waals surface area contributed by atoms with Crippen LogP contribution in [0.5, 0.6) is 5.75 Å². The van der Waals surface area contributed by atoms with Gasteiger partial charge in [-0.05, 0) is 65.0 Å². The number of nitrogens with zero attached hydrogens (tertiary/aromatic N) is 1. The monoisotopic (exact) mass is 433 g/mol. The normalized spacial score (nSPS) is 17.6. The third kappa shape index (κ3) is 4.40. The summed E-state index contributed by atoms with van der Waals surface area (Å²) in [6.07, 6.45) is 1.63. The Morgan fingerprint density at radius 2 is 1.70 bits per heavy atom. The summed E-state index contributed by atoms with van der Waals surface area (Å²) in [6, 6.07) is 7.85. The fourth-order valence-electron chi connectivity index (χ4n) is 2.93. The molecule has 30 heavy (non-hydrogen) atoms. The van der Waals surface area contributed by atoms with E-state index in [-0.39, 0.29) is 4.90 Å². The van der Waals surface area contributed by atoms with Gasteiger partial charge in [0.15, 0.2) is 0 Å². The van der Waals surface area contributed by atoms with E-state index in [0.717, 1.165) is 0 Å². The third-order valence-electron chi connectivity index (χ3n) is 5.39. The molecule has 0 radical (unpaired) electrons. The number of anilines is 2. The molecule has 0 bridgehead atoms. The van der Waals surface area contributed by atoms with E-state index in [0.29, 0.717) is 29.3 Å². The molecule has 0 saturated carbocycles. The molecular weight excluding hydrogens is 405 g/mol. The van der Waals surface area contributed by atoms with E-state index in [9.17, 15) is 8.42 Å². The van der Waals surface area contributed by atoms with E-state index < -0.39 is 28.3 Å². The molecule has 1 aliphatic heterocycles. The van der Waals surface area contributed by atoms with Gasteiger partial charge in [0, 0.05) is 18.2 Å². The number of nitrogens with one attached hydrogen (secondary N) is 2. The minimum absolute atomic E-state index is 0.117. The van der Waals surface area contributed by atoms with Gasteiger partial charge in [0.1, 0.15) is 11.6 Å². The molecule has 2 aromatic rings. The maximum atomic E-state index is 12.9.